The SMILES string of the molecule is CCCNCCCCN1CCS(=O)(=O)CC1C. The molecule has 1 saturated heterocycles. The van der Waals surface area contributed by atoms with Crippen molar-refractivity contribution in [3.8, 4) is 0 Å². The van der Waals surface area contributed by atoms with Crippen LogP contribution in [0.25, 0.3) is 0 Å². The molecule has 1 N–H and O–H groups in total. The van der Waals surface area contributed by atoms with Gasteiger partial charge in [-0.3, -0.25) is 4.90 Å². The zero-order chi connectivity index (χ0) is 12.7. The molecule has 0 aromatic rings. The standard InChI is InChI=1S/C12H26N2O2S/c1-3-6-13-7-4-5-8-14-9-10-17(15,16)11-12(14)2/h12-13H,3-11H2,1-2H3. The molecule has 1 unspecified atom stereocenters. The summed E-state index contributed by atoms with van der Waals surface area (Å²) in [5, 5.41) is 3.38. The fourth-order valence-corrected chi connectivity index (χ4v) is 3.86. The lowest BCUT2D eigenvalue weighted by Gasteiger charge is -2.33. The lowest BCUT2D eigenvalue weighted by molar-refractivity contribution is 0.222. The van der Waals surface area contributed by atoms with Gasteiger partial charge in [-0.25, -0.2) is 8.42 Å². The zero-order valence-electron chi connectivity index (χ0n) is 11.1. The minimum absolute atomic E-state index is 0.192. The van der Waals surface area contributed by atoms with Gasteiger partial charge in [0.15, 0.2) is 9.84 Å². The molecule has 102 valence electrons. The van der Waals surface area contributed by atoms with Gasteiger partial charge < -0.3 is 5.32 Å². The van der Waals surface area contributed by atoms with Crippen molar-refractivity contribution < 1.29 is 8.42 Å². The Morgan fingerprint density at radius 3 is 2.71 bits per heavy atom. The van der Waals surface area contributed by atoms with Crippen LogP contribution in [-0.4, -0.2) is 57.0 Å². The number of nitrogens with zero attached hydrogens (tertiary/aromatic N) is 1. The molecular weight excluding hydrogens is 236 g/mol. The van der Waals surface area contributed by atoms with Gasteiger partial charge in [-0.05, 0) is 45.8 Å². The first kappa shape index (κ1) is 14.9. The molecule has 0 aromatic carbocycles. The van der Waals surface area contributed by atoms with Crippen LogP contribution in [-0.2, 0) is 9.84 Å². The van der Waals surface area contributed by atoms with Crippen molar-refractivity contribution >= 4 is 9.84 Å². The van der Waals surface area contributed by atoms with Crippen LogP contribution in [0.1, 0.15) is 33.1 Å². The zero-order valence-corrected chi connectivity index (χ0v) is 11.9. The van der Waals surface area contributed by atoms with E-state index in [0.717, 1.165) is 26.1 Å². The first-order chi connectivity index (χ1) is 8.05. The van der Waals surface area contributed by atoms with Crippen LogP contribution < -0.4 is 5.32 Å². The molecule has 0 saturated carbocycles. The molecule has 0 aliphatic carbocycles. The molecule has 1 aliphatic heterocycles. The monoisotopic (exact) mass is 262 g/mol. The molecule has 0 radical (unpaired) electrons. The largest absolute Gasteiger partial charge is 0.317 e. The Balaban J connectivity index is 2.12. The Morgan fingerprint density at radius 2 is 2.06 bits per heavy atom. The Labute approximate surface area is 106 Å². The topological polar surface area (TPSA) is 49.4 Å². The van der Waals surface area contributed by atoms with E-state index in [4.69, 9.17) is 0 Å². The van der Waals surface area contributed by atoms with E-state index in [1.807, 2.05) is 6.92 Å². The molecule has 5 heteroatoms. The van der Waals surface area contributed by atoms with Crippen LogP contribution >= 0.6 is 0 Å². The van der Waals surface area contributed by atoms with E-state index in [0.29, 0.717) is 18.1 Å². The number of hydrogen-bond donors (Lipinski definition) is 1. The van der Waals surface area contributed by atoms with Gasteiger partial charge in [-0.2, -0.15) is 0 Å². The minimum atomic E-state index is -2.76. The van der Waals surface area contributed by atoms with Crippen molar-refractivity contribution in [1.82, 2.24) is 10.2 Å². The Hall–Kier alpha value is -0.130. The summed E-state index contributed by atoms with van der Waals surface area (Å²) in [6, 6.07) is 0.192. The van der Waals surface area contributed by atoms with E-state index in [9.17, 15) is 8.42 Å². The van der Waals surface area contributed by atoms with Crippen molar-refractivity contribution in [3.05, 3.63) is 0 Å². The second-order valence-corrected chi connectivity index (χ2v) is 7.19. The summed E-state index contributed by atoms with van der Waals surface area (Å²) in [4.78, 5) is 2.31. The van der Waals surface area contributed by atoms with Crippen LogP contribution in [0, 0.1) is 0 Å². The highest BCUT2D eigenvalue weighted by atomic mass is 32.2. The fourth-order valence-electron chi connectivity index (χ4n) is 2.23. The summed E-state index contributed by atoms with van der Waals surface area (Å²) < 4.78 is 22.8. The third-order valence-corrected chi connectivity index (χ3v) is 5.08. The van der Waals surface area contributed by atoms with Gasteiger partial charge in [-0.15, -0.1) is 0 Å². The minimum Gasteiger partial charge on any atom is -0.317 e. The summed E-state index contributed by atoms with van der Waals surface area (Å²) in [6.07, 6.45) is 3.51. The smallest absolute Gasteiger partial charge is 0.153 e. The molecule has 1 fully saturated rings. The lowest BCUT2D eigenvalue weighted by atomic mass is 10.2. The van der Waals surface area contributed by atoms with Crippen molar-refractivity contribution in [2.45, 2.75) is 39.2 Å². The van der Waals surface area contributed by atoms with E-state index in [1.165, 1.54) is 12.8 Å². The maximum absolute atomic E-state index is 11.4. The highest BCUT2D eigenvalue weighted by Crippen LogP contribution is 2.11. The van der Waals surface area contributed by atoms with E-state index < -0.39 is 9.84 Å². The van der Waals surface area contributed by atoms with Crippen molar-refractivity contribution in [2.24, 2.45) is 0 Å². The average molecular weight is 262 g/mol. The van der Waals surface area contributed by atoms with Gasteiger partial charge in [0.05, 0.1) is 11.5 Å². The summed E-state index contributed by atoms with van der Waals surface area (Å²) in [5.74, 6) is 0.673. The number of unbranched alkanes of at least 4 members (excludes halogenated alkanes) is 1. The van der Waals surface area contributed by atoms with Crippen LogP contribution in [0.4, 0.5) is 0 Å². The van der Waals surface area contributed by atoms with Gasteiger partial charge >= 0.3 is 0 Å². The number of hydrogen-bond acceptors (Lipinski definition) is 4. The summed E-state index contributed by atoms with van der Waals surface area (Å²) >= 11 is 0. The molecule has 0 aromatic heterocycles. The molecule has 1 aliphatic rings. The molecule has 17 heavy (non-hydrogen) atoms. The second kappa shape index (κ2) is 7.34. The molecule has 0 amide bonds. The normalized spacial score (nSPS) is 24.9. The number of nitrogens with one attached hydrogen (secondary N) is 1. The first-order valence-electron chi connectivity index (χ1n) is 6.70. The number of sulfone groups is 1. The second-order valence-electron chi connectivity index (χ2n) is 4.96. The highest BCUT2D eigenvalue weighted by molar-refractivity contribution is 7.91. The van der Waals surface area contributed by atoms with E-state index in [-0.39, 0.29) is 6.04 Å². The highest BCUT2D eigenvalue weighted by Gasteiger charge is 2.27. The molecular formula is C12H26N2O2S. The predicted molar refractivity (Wildman–Crippen MR) is 72.1 cm³/mol. The van der Waals surface area contributed by atoms with Gasteiger partial charge in [0, 0.05) is 12.6 Å². The van der Waals surface area contributed by atoms with E-state index >= 15 is 0 Å². The Bertz CT molecular complexity index is 304. The predicted octanol–water partition coefficient (Wildman–Crippen LogP) is 0.885. The number of rotatable bonds is 7. The molecule has 1 rings (SSSR count). The van der Waals surface area contributed by atoms with Crippen molar-refractivity contribution in [1.29, 1.82) is 0 Å². The fraction of sp³-hybridized carbons (Fsp3) is 1.00. The molecule has 1 atom stereocenters. The molecule has 1 heterocycles. The summed E-state index contributed by atoms with van der Waals surface area (Å²) in [5.41, 5.74) is 0. The first-order valence-corrected chi connectivity index (χ1v) is 8.52. The average Bonchev–Trinajstić information content (AvgIpc) is 2.25. The van der Waals surface area contributed by atoms with Crippen LogP contribution in [0.5, 0.6) is 0 Å². The van der Waals surface area contributed by atoms with Crippen LogP contribution in [0.3, 0.4) is 0 Å². The van der Waals surface area contributed by atoms with E-state index in [1.54, 1.807) is 0 Å². The van der Waals surface area contributed by atoms with Gasteiger partial charge in [0.2, 0.25) is 0 Å². The molecule has 0 bridgehead atoms. The van der Waals surface area contributed by atoms with Crippen LogP contribution in [0.15, 0.2) is 0 Å². The Kier molecular flexibility index (Phi) is 6.44. The summed E-state index contributed by atoms with van der Waals surface area (Å²) in [7, 11) is -2.76. The summed E-state index contributed by atoms with van der Waals surface area (Å²) in [6.45, 7) is 8.11. The van der Waals surface area contributed by atoms with Crippen LogP contribution in [0.2, 0.25) is 0 Å². The van der Waals surface area contributed by atoms with Gasteiger partial charge in [-0.1, -0.05) is 6.92 Å². The Morgan fingerprint density at radius 1 is 1.29 bits per heavy atom. The van der Waals surface area contributed by atoms with Crippen molar-refractivity contribution in [2.75, 3.05) is 37.7 Å². The van der Waals surface area contributed by atoms with Gasteiger partial charge in [0.1, 0.15) is 0 Å². The quantitative estimate of drug-likeness (QED) is 0.692. The molecule has 0 spiro atoms. The van der Waals surface area contributed by atoms with Gasteiger partial charge in [0.25, 0.3) is 0 Å². The molecule has 4 nitrogen and oxygen atoms in total. The third-order valence-electron chi connectivity index (χ3n) is 3.28. The lowest BCUT2D eigenvalue weighted by Crippen LogP contribution is -2.47. The van der Waals surface area contributed by atoms with E-state index in [2.05, 4.69) is 17.1 Å². The maximum atomic E-state index is 11.4. The third kappa shape index (κ3) is 5.84. The van der Waals surface area contributed by atoms with Crippen molar-refractivity contribution in [3.63, 3.8) is 0 Å². The maximum Gasteiger partial charge on any atom is 0.153 e.